The van der Waals surface area contributed by atoms with Gasteiger partial charge in [0.15, 0.2) is 5.96 Å². The number of imidazole rings is 1. The van der Waals surface area contributed by atoms with E-state index in [9.17, 15) is 67.4 Å². The summed E-state index contributed by atoms with van der Waals surface area (Å²) in [6, 6.07) is 18.4. The molecule has 2 fully saturated rings. The number of hydrogen-bond acceptors (Lipinski definition) is 21. The second kappa shape index (κ2) is 49.4. The molecule has 5 heterocycles. The smallest absolute Gasteiger partial charge is 0.246 e. The molecule has 43 heteroatoms. The highest BCUT2D eigenvalue weighted by molar-refractivity contribution is 8.00. The number of aliphatic hydroxyl groups excluding tert-OH is 1. The minimum atomic E-state index is -1.89. The van der Waals surface area contributed by atoms with Crippen molar-refractivity contribution in [2.24, 2.45) is 23.1 Å². The summed E-state index contributed by atoms with van der Waals surface area (Å²) < 4.78 is 0. The number of thioether (sulfide) groups is 1. The monoisotopic (exact) mass is 1880 g/mol. The molecule has 42 nitrogen and oxygen atoms in total. The topological polar surface area (TPSA) is 647 Å². The van der Waals surface area contributed by atoms with Crippen molar-refractivity contribution < 1.29 is 86.6 Å². The van der Waals surface area contributed by atoms with E-state index in [2.05, 4.69) is 94.4 Å². The SMILES string of the molecule is CC(C)C[C@@H]1NC(=O)[C@H](Cc2cnc[nH]2)NC(=O)C2CCCN2C(=O)[C@H](CC(N)=O)NC(=O)[C@H](C)NC(=O)[C@H](Cc2ccccc2)NC(=O)CSCC(C(=O)NCC(N)=O)NC(=O)C(CCCNC(=N)N)NC(=O)[C@H](C)N(C)C(=O)[C@H](Cc2ccc(-c3ccccc3)cc2)NC(=O)[C@H](Cc2c[nH]c3ccccc23)NC(=O)C(CO)NC(=O)[C@H](Cc2c[nH]c3ccccc23)NC(=O)CNC1=O. The molecule has 0 saturated carbocycles. The number of carbonyl (C=O) groups excluding carboxylic acids is 17. The van der Waals surface area contributed by atoms with Crippen molar-refractivity contribution in [1.29, 1.82) is 5.41 Å². The Balaban J connectivity index is 0.994. The van der Waals surface area contributed by atoms with E-state index in [4.69, 9.17) is 22.6 Å². The number of H-pyrrole nitrogens is 3. The quantitative estimate of drug-likeness (QED) is 0.0177. The summed E-state index contributed by atoms with van der Waals surface area (Å²) in [4.78, 5) is 261. The van der Waals surface area contributed by atoms with Gasteiger partial charge in [0.25, 0.3) is 0 Å². The van der Waals surface area contributed by atoms with Crippen LogP contribution in [-0.2, 0) is 114 Å². The number of benzene rings is 5. The maximum atomic E-state index is 15.6. The fraction of sp³-hybridized carbons (Fsp3) is 0.402. The van der Waals surface area contributed by atoms with Gasteiger partial charge in [-0.1, -0.05) is 135 Å². The standard InChI is InChI=1S/C92H116N24O18S/c1-50(2)34-65-81(124)102-45-77(120)105-67(37-57-41-99-62-24-14-12-22-60(57)62)85(128)113-72(46-117)88(131)109-68(38-58-42-100-63-25-15-13-23-61(58)63)86(129)112-70(36-54-28-30-56(31-29-54)55-20-10-7-11-21-55)90(133)115(5)52(4)80(123)107-64(26-16-32-98-92(95)96)83(126)114-73(82(125)101-44-76(94)119)47-135-48-78(121)106-66(35-53-18-8-6-9-19-53)84(127)104-51(3)79(122)111-71(40-75(93)118)91(134)116-33-17-27-74(116)89(132)110-69(87(130)108-65)39-59-43-97-49-103-59/h6-15,18-25,28-31,41-43,49-52,64-74,99-100,117H,16-17,26-27,32-40,44-48H2,1-5H3,(H2,93,118)(H2,94,119)(H,97,103)(H,101,125)(H,102,124)(H,104,127)(H,105,120)(H,106,121)(H,107,123)(H,108,130)(H,109,131)(H,110,132)(H,111,122)(H,112,129)(H,113,128)(H,114,126)(H4,95,96,98)/t51-,52-,64?,65-,66-,67-,68-,69-,70-,71-,72?,73?,74?/m0/s1. The number of amides is 17. The lowest BCUT2D eigenvalue weighted by Crippen LogP contribution is -2.61. The summed E-state index contributed by atoms with van der Waals surface area (Å²) in [7, 11) is 1.26. The summed E-state index contributed by atoms with van der Waals surface area (Å²) in [5, 5.41) is 56.7. The van der Waals surface area contributed by atoms with Gasteiger partial charge in [0.05, 0.1) is 38.2 Å². The minimum absolute atomic E-state index is 0.00682. The second-order valence-electron chi connectivity index (χ2n) is 33.5. The zero-order valence-electron chi connectivity index (χ0n) is 75.2. The molecule has 0 spiro atoms. The van der Waals surface area contributed by atoms with Gasteiger partial charge in [0.2, 0.25) is 100 Å². The van der Waals surface area contributed by atoms with Gasteiger partial charge in [-0.3, -0.25) is 86.9 Å². The molecule has 25 N–H and O–H groups in total. The number of fused-ring (bicyclic) bond motifs is 3. The molecule has 3 aromatic heterocycles. The number of aromatic nitrogens is 4. The molecule has 2 aliphatic heterocycles. The van der Waals surface area contributed by atoms with Crippen LogP contribution in [0.3, 0.4) is 0 Å². The Morgan fingerprint density at radius 1 is 0.519 bits per heavy atom. The number of hydrogen-bond donors (Lipinski definition) is 22. The van der Waals surface area contributed by atoms with Crippen LogP contribution in [-0.4, -0.2) is 271 Å². The predicted octanol–water partition coefficient (Wildman–Crippen LogP) is -2.62. The van der Waals surface area contributed by atoms with Crippen LogP contribution in [0.1, 0.15) is 94.2 Å². The first-order valence-electron chi connectivity index (χ1n) is 44.1. The molecule has 0 bridgehead atoms. The Kier molecular flexibility index (Phi) is 37.4. The van der Waals surface area contributed by atoms with Crippen LogP contribution >= 0.6 is 11.8 Å². The van der Waals surface area contributed by atoms with Crippen molar-refractivity contribution in [3.63, 3.8) is 0 Å². The third-order valence-corrected chi connectivity index (χ3v) is 23.9. The van der Waals surface area contributed by atoms with Crippen LogP contribution in [0.15, 0.2) is 158 Å². The van der Waals surface area contributed by atoms with Gasteiger partial charge in [-0.15, -0.1) is 11.8 Å². The minimum Gasteiger partial charge on any atom is -0.394 e. The molecule has 718 valence electrons. The first-order valence-corrected chi connectivity index (χ1v) is 45.3. The molecule has 0 radical (unpaired) electrons. The maximum Gasteiger partial charge on any atom is 0.246 e. The van der Waals surface area contributed by atoms with Crippen LogP contribution in [0.5, 0.6) is 0 Å². The Labute approximate surface area is 781 Å². The second-order valence-corrected chi connectivity index (χ2v) is 34.6. The zero-order valence-corrected chi connectivity index (χ0v) is 76.0. The van der Waals surface area contributed by atoms with E-state index in [1.165, 1.54) is 33.4 Å². The Hall–Kier alpha value is -15.0. The number of nitrogens with one attached hydrogen (secondary N) is 18. The number of likely N-dealkylation sites (N-methyl/N-ethyl adjacent to an activating group) is 1. The van der Waals surface area contributed by atoms with Gasteiger partial charge in [-0.2, -0.15) is 0 Å². The fourth-order valence-corrected chi connectivity index (χ4v) is 16.4. The highest BCUT2D eigenvalue weighted by Crippen LogP contribution is 2.26. The van der Waals surface area contributed by atoms with Gasteiger partial charge in [-0.25, -0.2) is 4.98 Å². The third kappa shape index (κ3) is 30.0. The Morgan fingerprint density at radius 2 is 1.04 bits per heavy atom. The van der Waals surface area contributed by atoms with Crippen molar-refractivity contribution in [2.75, 3.05) is 51.3 Å². The predicted molar refractivity (Wildman–Crippen MR) is 498 cm³/mol. The van der Waals surface area contributed by atoms with E-state index in [0.717, 1.165) is 32.7 Å². The van der Waals surface area contributed by atoms with Crippen molar-refractivity contribution >= 4 is 140 Å². The molecule has 17 amide bonds. The fourth-order valence-electron chi connectivity index (χ4n) is 15.6. The summed E-state index contributed by atoms with van der Waals surface area (Å²) >= 11 is 0.770. The van der Waals surface area contributed by atoms with E-state index in [1.54, 1.807) is 129 Å². The number of nitrogens with two attached hydrogens (primary N) is 3. The molecule has 135 heavy (non-hydrogen) atoms. The number of carbonyl (C=O) groups is 17. The number of primary amides is 2. The number of nitrogens with zero attached hydrogens (tertiary/aromatic N) is 3. The molecule has 10 rings (SSSR count). The van der Waals surface area contributed by atoms with Crippen LogP contribution in [0.4, 0.5) is 0 Å². The summed E-state index contributed by atoms with van der Waals surface area (Å²) in [5.74, 6) is -18.1. The largest absolute Gasteiger partial charge is 0.394 e. The number of rotatable bonds is 23. The normalized spacial score (nSPS) is 22.9. The van der Waals surface area contributed by atoms with E-state index in [-0.39, 0.29) is 83.2 Å². The van der Waals surface area contributed by atoms with Crippen molar-refractivity contribution in [1.82, 2.24) is 104 Å². The summed E-state index contributed by atoms with van der Waals surface area (Å²) in [5.41, 5.74) is 22.0. The van der Waals surface area contributed by atoms with Crippen molar-refractivity contribution in [2.45, 2.75) is 177 Å². The molecular weight excluding hydrogens is 1760 g/mol. The van der Waals surface area contributed by atoms with E-state index >= 15 is 19.2 Å². The van der Waals surface area contributed by atoms with E-state index in [0.29, 0.717) is 49.8 Å². The van der Waals surface area contributed by atoms with Gasteiger partial charge < -0.3 is 121 Å². The van der Waals surface area contributed by atoms with Gasteiger partial charge in [0, 0.05) is 104 Å². The Morgan fingerprint density at radius 3 is 1.64 bits per heavy atom. The lowest BCUT2D eigenvalue weighted by atomic mass is 9.99. The highest BCUT2D eigenvalue weighted by Gasteiger charge is 2.43. The highest BCUT2D eigenvalue weighted by atomic mass is 32.2. The summed E-state index contributed by atoms with van der Waals surface area (Å²) in [6.07, 6.45) is 3.77. The first kappa shape index (κ1) is 102. The molecular formula is C92H116N24O18S. The molecule has 13 atom stereocenters. The lowest BCUT2D eigenvalue weighted by molar-refractivity contribution is -0.143. The molecule has 2 saturated heterocycles. The van der Waals surface area contributed by atoms with Crippen LogP contribution in [0.2, 0.25) is 0 Å². The first-order chi connectivity index (χ1) is 64.6. The van der Waals surface area contributed by atoms with Gasteiger partial charge in [-0.05, 0) is 97.4 Å². The summed E-state index contributed by atoms with van der Waals surface area (Å²) in [6.45, 7) is 3.30. The maximum absolute atomic E-state index is 15.6. The third-order valence-electron chi connectivity index (χ3n) is 22.8. The van der Waals surface area contributed by atoms with Crippen LogP contribution in [0, 0.1) is 11.3 Å². The number of aliphatic hydroxyl groups is 1. The van der Waals surface area contributed by atoms with Gasteiger partial charge >= 0.3 is 0 Å². The number of guanidine groups is 1. The molecule has 0 aliphatic carbocycles. The molecule has 2 aliphatic rings. The van der Waals surface area contributed by atoms with Crippen molar-refractivity contribution in [3.8, 4) is 11.1 Å². The Bertz CT molecular complexity index is 5570. The number of aromatic amines is 3. The van der Waals surface area contributed by atoms with E-state index in [1.807, 2.05) is 30.3 Å². The molecule has 4 unspecified atom stereocenters. The lowest BCUT2D eigenvalue weighted by Gasteiger charge is -2.31. The van der Waals surface area contributed by atoms with Crippen LogP contribution in [0.25, 0.3) is 32.9 Å². The average Bonchev–Trinajstić information content (AvgIpc) is 1.78. The van der Waals surface area contributed by atoms with E-state index < -0.39 is 223 Å². The van der Waals surface area contributed by atoms with Gasteiger partial charge in [0.1, 0.15) is 78.5 Å². The average molecular weight is 1880 g/mol. The van der Waals surface area contributed by atoms with Crippen molar-refractivity contribution in [3.05, 3.63) is 186 Å². The molecule has 5 aromatic carbocycles. The zero-order chi connectivity index (χ0) is 97.5. The number of para-hydroxylation sites is 2. The molecule has 8 aromatic rings. The van der Waals surface area contributed by atoms with Crippen LogP contribution < -0.4 is 91.6 Å².